The standard InChI is InChI=1S/C13H26N2O/c1-11(3-2-8-16)14-13-6-7-15(10-13)9-12-4-5-12/h11-14,16H,2-10H2,1H3. The summed E-state index contributed by atoms with van der Waals surface area (Å²) in [6.45, 7) is 6.41. The van der Waals surface area contributed by atoms with Crippen LogP contribution in [0.4, 0.5) is 0 Å². The lowest BCUT2D eigenvalue weighted by Crippen LogP contribution is -2.38. The molecule has 2 aliphatic rings. The molecule has 1 saturated heterocycles. The SMILES string of the molecule is CC(CCCO)NC1CCN(CC2CC2)C1. The van der Waals surface area contributed by atoms with Gasteiger partial charge in [-0.25, -0.2) is 0 Å². The Morgan fingerprint density at radius 1 is 1.38 bits per heavy atom. The summed E-state index contributed by atoms with van der Waals surface area (Å²) in [5.74, 6) is 1.02. The van der Waals surface area contributed by atoms with E-state index < -0.39 is 0 Å². The number of aliphatic hydroxyl groups is 1. The summed E-state index contributed by atoms with van der Waals surface area (Å²) >= 11 is 0. The minimum atomic E-state index is 0.324. The van der Waals surface area contributed by atoms with Crippen LogP contribution in [-0.2, 0) is 0 Å². The number of hydrogen-bond donors (Lipinski definition) is 2. The summed E-state index contributed by atoms with van der Waals surface area (Å²) in [5.41, 5.74) is 0. The van der Waals surface area contributed by atoms with Crippen molar-refractivity contribution in [2.75, 3.05) is 26.2 Å². The predicted molar refractivity (Wildman–Crippen MR) is 66.5 cm³/mol. The number of aliphatic hydroxyl groups excluding tert-OH is 1. The first-order valence-electron chi connectivity index (χ1n) is 6.87. The molecule has 0 aromatic rings. The Morgan fingerprint density at radius 2 is 2.19 bits per heavy atom. The molecular formula is C13H26N2O. The van der Waals surface area contributed by atoms with E-state index in [1.54, 1.807) is 0 Å². The highest BCUT2D eigenvalue weighted by atomic mass is 16.2. The quantitative estimate of drug-likeness (QED) is 0.685. The smallest absolute Gasteiger partial charge is 0.0431 e. The highest BCUT2D eigenvalue weighted by Crippen LogP contribution is 2.30. The van der Waals surface area contributed by atoms with E-state index in [0.717, 1.165) is 18.8 Å². The second kappa shape index (κ2) is 5.99. The van der Waals surface area contributed by atoms with Crippen molar-refractivity contribution in [3.63, 3.8) is 0 Å². The van der Waals surface area contributed by atoms with Gasteiger partial charge in [0.1, 0.15) is 0 Å². The average molecular weight is 226 g/mol. The Bertz CT molecular complexity index is 206. The first-order chi connectivity index (χ1) is 7.78. The van der Waals surface area contributed by atoms with Crippen molar-refractivity contribution < 1.29 is 5.11 Å². The highest BCUT2D eigenvalue weighted by molar-refractivity contribution is 4.86. The lowest BCUT2D eigenvalue weighted by molar-refractivity contribution is 0.271. The number of rotatable bonds is 7. The number of nitrogens with zero attached hydrogens (tertiary/aromatic N) is 1. The van der Waals surface area contributed by atoms with Gasteiger partial charge in [0.2, 0.25) is 0 Å². The molecule has 2 rings (SSSR count). The second-order valence-corrected chi connectivity index (χ2v) is 5.62. The van der Waals surface area contributed by atoms with Crippen molar-refractivity contribution >= 4 is 0 Å². The zero-order valence-corrected chi connectivity index (χ0v) is 10.5. The Kier molecular flexibility index (Phi) is 4.62. The Labute approximate surface area is 99.2 Å². The van der Waals surface area contributed by atoms with E-state index in [4.69, 9.17) is 5.11 Å². The van der Waals surface area contributed by atoms with Gasteiger partial charge in [0.15, 0.2) is 0 Å². The molecule has 94 valence electrons. The van der Waals surface area contributed by atoms with Crippen molar-refractivity contribution in [3.8, 4) is 0 Å². The minimum absolute atomic E-state index is 0.324. The van der Waals surface area contributed by atoms with Crippen LogP contribution < -0.4 is 5.32 Å². The summed E-state index contributed by atoms with van der Waals surface area (Å²) in [7, 11) is 0. The van der Waals surface area contributed by atoms with Crippen LogP contribution in [0.5, 0.6) is 0 Å². The van der Waals surface area contributed by atoms with Gasteiger partial charge in [-0.2, -0.15) is 0 Å². The third-order valence-electron chi connectivity index (χ3n) is 3.80. The third kappa shape index (κ3) is 4.04. The highest BCUT2D eigenvalue weighted by Gasteiger charge is 2.29. The zero-order chi connectivity index (χ0) is 11.4. The van der Waals surface area contributed by atoms with Gasteiger partial charge in [0.05, 0.1) is 0 Å². The molecule has 0 spiro atoms. The molecule has 0 aromatic heterocycles. The third-order valence-corrected chi connectivity index (χ3v) is 3.80. The topological polar surface area (TPSA) is 35.5 Å². The lowest BCUT2D eigenvalue weighted by atomic mass is 10.1. The summed E-state index contributed by atoms with van der Waals surface area (Å²) in [6, 6.07) is 1.24. The molecule has 1 saturated carbocycles. The fourth-order valence-corrected chi connectivity index (χ4v) is 2.68. The maximum absolute atomic E-state index is 8.79. The molecule has 3 heteroatoms. The monoisotopic (exact) mass is 226 g/mol. The average Bonchev–Trinajstić information content (AvgIpc) is 2.96. The number of likely N-dealkylation sites (tertiary alicyclic amines) is 1. The van der Waals surface area contributed by atoms with Crippen molar-refractivity contribution in [1.82, 2.24) is 10.2 Å². The van der Waals surface area contributed by atoms with Crippen LogP contribution >= 0.6 is 0 Å². The first-order valence-corrected chi connectivity index (χ1v) is 6.87. The van der Waals surface area contributed by atoms with Crippen molar-refractivity contribution in [3.05, 3.63) is 0 Å². The predicted octanol–water partition coefficient (Wildman–Crippen LogP) is 1.22. The van der Waals surface area contributed by atoms with Gasteiger partial charge >= 0.3 is 0 Å². The molecule has 3 nitrogen and oxygen atoms in total. The molecule has 16 heavy (non-hydrogen) atoms. The van der Waals surface area contributed by atoms with E-state index in [1.165, 1.54) is 38.9 Å². The van der Waals surface area contributed by atoms with Crippen molar-refractivity contribution in [2.45, 2.75) is 51.1 Å². The van der Waals surface area contributed by atoms with Crippen LogP contribution in [0.15, 0.2) is 0 Å². The van der Waals surface area contributed by atoms with E-state index >= 15 is 0 Å². The summed E-state index contributed by atoms with van der Waals surface area (Å²) < 4.78 is 0. The number of hydrogen-bond acceptors (Lipinski definition) is 3. The van der Waals surface area contributed by atoms with Crippen molar-refractivity contribution in [2.24, 2.45) is 5.92 Å². The van der Waals surface area contributed by atoms with E-state index in [-0.39, 0.29) is 0 Å². The number of nitrogens with one attached hydrogen (secondary N) is 1. The Balaban J connectivity index is 1.59. The van der Waals surface area contributed by atoms with E-state index in [2.05, 4.69) is 17.1 Å². The second-order valence-electron chi connectivity index (χ2n) is 5.62. The normalized spacial score (nSPS) is 28.5. The maximum atomic E-state index is 8.79. The van der Waals surface area contributed by atoms with E-state index in [0.29, 0.717) is 18.7 Å². The molecule has 2 atom stereocenters. The minimum Gasteiger partial charge on any atom is -0.396 e. The van der Waals surface area contributed by atoms with Crippen LogP contribution in [0, 0.1) is 5.92 Å². The van der Waals surface area contributed by atoms with Gasteiger partial charge in [0.25, 0.3) is 0 Å². The molecule has 0 radical (unpaired) electrons. The molecule has 2 N–H and O–H groups in total. The molecule has 2 unspecified atom stereocenters. The Morgan fingerprint density at radius 3 is 2.88 bits per heavy atom. The van der Waals surface area contributed by atoms with Gasteiger partial charge < -0.3 is 15.3 Å². The molecule has 1 aliphatic heterocycles. The van der Waals surface area contributed by atoms with Gasteiger partial charge in [-0.3, -0.25) is 0 Å². The fraction of sp³-hybridized carbons (Fsp3) is 1.00. The first kappa shape index (κ1) is 12.3. The maximum Gasteiger partial charge on any atom is 0.0431 e. The van der Waals surface area contributed by atoms with Crippen molar-refractivity contribution in [1.29, 1.82) is 0 Å². The van der Waals surface area contributed by atoms with E-state index in [9.17, 15) is 0 Å². The largest absolute Gasteiger partial charge is 0.396 e. The fourth-order valence-electron chi connectivity index (χ4n) is 2.68. The van der Waals surface area contributed by atoms with Gasteiger partial charge in [0, 0.05) is 31.8 Å². The van der Waals surface area contributed by atoms with Crippen LogP contribution in [0.2, 0.25) is 0 Å². The molecule has 0 aromatic carbocycles. The van der Waals surface area contributed by atoms with Crippen LogP contribution in [0.25, 0.3) is 0 Å². The van der Waals surface area contributed by atoms with Gasteiger partial charge in [-0.1, -0.05) is 0 Å². The van der Waals surface area contributed by atoms with Crippen LogP contribution in [0.3, 0.4) is 0 Å². The molecule has 2 fully saturated rings. The van der Waals surface area contributed by atoms with Gasteiger partial charge in [-0.05, 0) is 51.5 Å². The summed E-state index contributed by atoms with van der Waals surface area (Å²) in [6.07, 6.45) is 6.24. The van der Waals surface area contributed by atoms with E-state index in [1.807, 2.05) is 0 Å². The lowest BCUT2D eigenvalue weighted by Gasteiger charge is -2.20. The summed E-state index contributed by atoms with van der Waals surface area (Å²) in [4.78, 5) is 2.62. The van der Waals surface area contributed by atoms with Gasteiger partial charge in [-0.15, -0.1) is 0 Å². The molecule has 1 aliphatic carbocycles. The Hall–Kier alpha value is -0.120. The molecule has 1 heterocycles. The molecule has 0 bridgehead atoms. The molecular weight excluding hydrogens is 200 g/mol. The summed E-state index contributed by atoms with van der Waals surface area (Å²) in [5, 5.41) is 12.5. The van der Waals surface area contributed by atoms with Crippen LogP contribution in [0.1, 0.15) is 39.0 Å². The zero-order valence-electron chi connectivity index (χ0n) is 10.5. The van der Waals surface area contributed by atoms with Crippen LogP contribution in [-0.4, -0.2) is 48.3 Å². The molecule has 0 amide bonds.